The van der Waals surface area contributed by atoms with Gasteiger partial charge in [0.25, 0.3) is 5.91 Å². The van der Waals surface area contributed by atoms with Gasteiger partial charge in [0.1, 0.15) is 31.1 Å². The predicted octanol–water partition coefficient (Wildman–Crippen LogP) is 3.98. The normalized spacial score (nSPS) is 15.0. The second-order valence-corrected chi connectivity index (χ2v) is 13.9. The number of hydrogen-bond donors (Lipinski definition) is 4. The molecule has 4 atom stereocenters. The molecule has 54 heavy (non-hydrogen) atoms. The summed E-state index contributed by atoms with van der Waals surface area (Å²) in [6, 6.07) is 22.0. The van der Waals surface area contributed by atoms with Crippen LogP contribution in [0.1, 0.15) is 48.9 Å². The van der Waals surface area contributed by atoms with Gasteiger partial charge in [-0.3, -0.25) is 9.59 Å². The van der Waals surface area contributed by atoms with Gasteiger partial charge < -0.3 is 40.2 Å². The van der Waals surface area contributed by atoms with Crippen molar-refractivity contribution in [1.82, 2.24) is 20.9 Å². The topological polar surface area (TPSA) is 173 Å². The first-order valence-corrected chi connectivity index (χ1v) is 18.3. The van der Waals surface area contributed by atoms with Crippen LogP contribution in [0, 0.1) is 19.8 Å². The molecule has 0 saturated carbocycles. The van der Waals surface area contributed by atoms with Gasteiger partial charge in [-0.25, -0.2) is 14.4 Å². The summed E-state index contributed by atoms with van der Waals surface area (Å²) in [4.78, 5) is 66.5. The average Bonchev–Trinajstić information content (AvgIpc) is 3.12. The molecular formula is C41H52N4O9. The summed E-state index contributed by atoms with van der Waals surface area (Å²) in [5.41, 5.74) is 3.50. The number of carboxylic acids is 1. The van der Waals surface area contributed by atoms with Crippen LogP contribution in [0.4, 0.5) is 4.79 Å². The summed E-state index contributed by atoms with van der Waals surface area (Å²) in [6.45, 7) is 6.86. The molecule has 13 heteroatoms. The Bertz CT molecular complexity index is 1680. The van der Waals surface area contributed by atoms with E-state index in [1.165, 1.54) is 0 Å². The minimum atomic E-state index is -1.25. The lowest BCUT2D eigenvalue weighted by Gasteiger charge is -2.37. The molecule has 3 aromatic rings. The van der Waals surface area contributed by atoms with Crippen molar-refractivity contribution >= 4 is 29.8 Å². The quantitative estimate of drug-likeness (QED) is 0.125. The minimum absolute atomic E-state index is 0.0534. The molecule has 0 aromatic heterocycles. The summed E-state index contributed by atoms with van der Waals surface area (Å²) in [5, 5.41) is 18.1. The first-order valence-electron chi connectivity index (χ1n) is 18.3. The number of para-hydroxylation sites is 1. The third-order valence-electron chi connectivity index (χ3n) is 9.12. The maximum Gasteiger partial charge on any atom is 0.332 e. The summed E-state index contributed by atoms with van der Waals surface area (Å²) in [5.74, 6) is -2.52. The van der Waals surface area contributed by atoms with E-state index in [9.17, 15) is 24.0 Å². The van der Waals surface area contributed by atoms with E-state index in [2.05, 4.69) is 16.0 Å². The molecule has 0 radical (unpaired) electrons. The molecule has 0 unspecified atom stereocenters. The number of hydrogen-bond acceptors (Lipinski definition) is 8. The molecule has 1 aliphatic rings. The highest BCUT2D eigenvalue weighted by atomic mass is 16.6. The van der Waals surface area contributed by atoms with Crippen LogP contribution in [0.3, 0.4) is 0 Å². The summed E-state index contributed by atoms with van der Waals surface area (Å²) in [7, 11) is 0. The number of benzene rings is 3. The number of esters is 1. The fraction of sp³-hybridized carbons (Fsp3) is 0.439. The van der Waals surface area contributed by atoms with Crippen LogP contribution in [0.2, 0.25) is 0 Å². The molecule has 290 valence electrons. The third kappa shape index (κ3) is 12.9. The van der Waals surface area contributed by atoms with Crippen LogP contribution in [0.25, 0.3) is 0 Å². The highest BCUT2D eigenvalue weighted by molar-refractivity contribution is 5.88. The maximum absolute atomic E-state index is 14.2. The van der Waals surface area contributed by atoms with E-state index < -0.39 is 55.3 Å². The summed E-state index contributed by atoms with van der Waals surface area (Å²) >= 11 is 0. The van der Waals surface area contributed by atoms with E-state index in [4.69, 9.17) is 19.3 Å². The predicted molar refractivity (Wildman–Crippen MR) is 202 cm³/mol. The van der Waals surface area contributed by atoms with Crippen molar-refractivity contribution in [2.24, 2.45) is 5.92 Å². The Morgan fingerprint density at radius 1 is 0.833 bits per heavy atom. The Kier molecular flexibility index (Phi) is 15.9. The smallest absolute Gasteiger partial charge is 0.332 e. The second kappa shape index (κ2) is 20.7. The van der Waals surface area contributed by atoms with Crippen molar-refractivity contribution in [3.05, 3.63) is 101 Å². The molecule has 4 amide bonds. The van der Waals surface area contributed by atoms with E-state index in [-0.39, 0.29) is 37.3 Å². The lowest BCUT2D eigenvalue weighted by atomic mass is 9.92. The van der Waals surface area contributed by atoms with E-state index in [1.807, 2.05) is 107 Å². The summed E-state index contributed by atoms with van der Waals surface area (Å²) < 4.78 is 17.0. The van der Waals surface area contributed by atoms with Crippen LogP contribution in [-0.4, -0.2) is 96.9 Å². The first-order chi connectivity index (χ1) is 25.9. The molecule has 13 nitrogen and oxygen atoms in total. The second-order valence-electron chi connectivity index (χ2n) is 13.9. The zero-order valence-electron chi connectivity index (χ0n) is 31.4. The molecule has 1 saturated heterocycles. The van der Waals surface area contributed by atoms with Gasteiger partial charge in [0.15, 0.2) is 6.61 Å². The molecule has 1 heterocycles. The largest absolute Gasteiger partial charge is 0.483 e. The number of urea groups is 1. The van der Waals surface area contributed by atoms with Crippen molar-refractivity contribution < 1.29 is 43.3 Å². The Morgan fingerprint density at radius 3 is 2.06 bits per heavy atom. The van der Waals surface area contributed by atoms with Gasteiger partial charge in [-0.15, -0.1) is 0 Å². The molecule has 4 N–H and O–H groups in total. The Labute approximate surface area is 316 Å². The number of rotatable bonds is 20. The number of carbonyl (C=O) groups excluding carboxylic acids is 4. The van der Waals surface area contributed by atoms with Crippen LogP contribution in [0.15, 0.2) is 78.9 Å². The van der Waals surface area contributed by atoms with E-state index in [1.54, 1.807) is 4.90 Å². The molecule has 1 aliphatic heterocycles. The number of aliphatic carboxylic acids is 1. The Morgan fingerprint density at radius 2 is 1.46 bits per heavy atom. The van der Waals surface area contributed by atoms with Gasteiger partial charge in [-0.05, 0) is 61.3 Å². The van der Waals surface area contributed by atoms with Crippen molar-refractivity contribution in [3.8, 4) is 5.75 Å². The number of amides is 4. The Balaban J connectivity index is 1.67. The van der Waals surface area contributed by atoms with E-state index in [0.29, 0.717) is 31.7 Å². The van der Waals surface area contributed by atoms with Gasteiger partial charge in [0.2, 0.25) is 5.91 Å². The van der Waals surface area contributed by atoms with Gasteiger partial charge in [0.05, 0.1) is 6.04 Å². The van der Waals surface area contributed by atoms with Crippen molar-refractivity contribution in [1.29, 1.82) is 0 Å². The highest BCUT2D eigenvalue weighted by Crippen LogP contribution is 2.23. The fourth-order valence-corrected chi connectivity index (χ4v) is 6.65. The molecule has 0 bridgehead atoms. The zero-order valence-corrected chi connectivity index (χ0v) is 31.4. The molecule has 0 spiro atoms. The number of nitrogens with one attached hydrogen (secondary N) is 3. The highest BCUT2D eigenvalue weighted by Gasteiger charge is 2.36. The SMILES string of the molecule is Cc1cccc(C)c1OCC(=O)N[C@@H](Cc1ccccc1)[C@H](C[C@H](Cc1ccccc1)NC(=O)[C@H](C(C)C)N1CCCNC1=O)OC(=O)COCC(=O)O. The van der Waals surface area contributed by atoms with Gasteiger partial charge in [-0.2, -0.15) is 0 Å². The standard InChI is InChI=1S/C41H52N4O9/c1-27(2)38(45-20-12-19-42-41(45)51)40(50)43-32(21-30-15-7-5-8-16-30)23-34(54-37(49)26-52-25-36(47)48)33(22-31-17-9-6-10-18-31)44-35(46)24-53-39-28(3)13-11-14-29(39)4/h5-11,13-18,27,32-34,38H,12,19-26H2,1-4H3,(H,42,51)(H,43,50)(H,44,46)(H,47,48)/t32-,33-,34-,38-/m0/s1. The monoisotopic (exact) mass is 744 g/mol. The molecule has 3 aromatic carbocycles. The van der Waals surface area contributed by atoms with Crippen molar-refractivity contribution in [2.45, 2.75) is 77.6 Å². The third-order valence-corrected chi connectivity index (χ3v) is 9.12. The number of aryl methyl sites for hydroxylation is 2. The van der Waals surface area contributed by atoms with Gasteiger partial charge in [0, 0.05) is 25.6 Å². The van der Waals surface area contributed by atoms with Gasteiger partial charge in [-0.1, -0.05) is 92.7 Å². The fourth-order valence-electron chi connectivity index (χ4n) is 6.65. The molecule has 0 aliphatic carbocycles. The maximum atomic E-state index is 14.2. The molecular weight excluding hydrogens is 692 g/mol. The molecule has 4 rings (SSSR count). The van der Waals surface area contributed by atoms with E-state index in [0.717, 1.165) is 22.3 Å². The number of ether oxygens (including phenoxy) is 3. The molecule has 1 fully saturated rings. The Hall–Kier alpha value is -5.43. The number of nitrogens with zero attached hydrogens (tertiary/aromatic N) is 1. The lowest BCUT2D eigenvalue weighted by molar-refractivity contribution is -0.159. The van der Waals surface area contributed by atoms with Crippen molar-refractivity contribution in [3.63, 3.8) is 0 Å². The first kappa shape index (κ1) is 41.3. The summed E-state index contributed by atoms with van der Waals surface area (Å²) in [6.07, 6.45) is 0.316. The van der Waals surface area contributed by atoms with Crippen LogP contribution in [0.5, 0.6) is 5.75 Å². The number of carboxylic acid groups (broad SMARTS) is 1. The zero-order chi connectivity index (χ0) is 39.0. The van der Waals surface area contributed by atoms with Crippen molar-refractivity contribution in [2.75, 3.05) is 32.9 Å². The van der Waals surface area contributed by atoms with Crippen LogP contribution in [-0.2, 0) is 41.5 Å². The minimum Gasteiger partial charge on any atom is -0.483 e. The number of carbonyl (C=O) groups is 5. The van der Waals surface area contributed by atoms with Crippen LogP contribution < -0.4 is 20.7 Å². The van der Waals surface area contributed by atoms with Gasteiger partial charge >= 0.3 is 18.0 Å². The lowest BCUT2D eigenvalue weighted by Crippen LogP contribution is -2.59. The van der Waals surface area contributed by atoms with Crippen LogP contribution >= 0.6 is 0 Å². The average molecular weight is 745 g/mol. The van der Waals surface area contributed by atoms with E-state index >= 15 is 0 Å².